The van der Waals surface area contributed by atoms with E-state index in [0.717, 1.165) is 12.1 Å². The minimum absolute atomic E-state index is 0.0298. The molecule has 0 saturated carbocycles. The first-order valence-corrected chi connectivity index (χ1v) is 6.23. The Morgan fingerprint density at radius 3 is 2.40 bits per heavy atom. The van der Waals surface area contributed by atoms with Crippen molar-refractivity contribution in [1.82, 2.24) is 0 Å². The number of unbranched alkanes of at least 4 members (excludes halogenated alkanes) is 2. The van der Waals surface area contributed by atoms with Crippen molar-refractivity contribution in [2.45, 2.75) is 38.3 Å². The molecule has 20 heavy (non-hydrogen) atoms. The van der Waals surface area contributed by atoms with Crippen LogP contribution in [-0.4, -0.2) is 16.9 Å². The maximum Gasteiger partial charge on any atom is 0.416 e. The number of alkyl halides is 3. The van der Waals surface area contributed by atoms with E-state index < -0.39 is 23.5 Å². The monoisotopic (exact) mass is 288 g/mol. The number of halogens is 3. The number of aliphatic carboxylic acids is 1. The summed E-state index contributed by atoms with van der Waals surface area (Å²) in [7, 11) is 0. The zero-order chi connectivity index (χ0) is 15.2. The predicted molar refractivity (Wildman–Crippen MR) is 66.3 cm³/mol. The molecule has 1 rings (SSSR count). The SMILES string of the molecule is O=C(O)C(=O)CCCCCc1cccc(C(F)(F)F)c1. The average molecular weight is 288 g/mol. The molecule has 0 unspecified atom stereocenters. The number of carbonyl (C=O) groups excluding carboxylic acids is 1. The molecule has 1 N–H and O–H groups in total. The van der Waals surface area contributed by atoms with Crippen LogP contribution in [0.25, 0.3) is 0 Å². The normalized spacial score (nSPS) is 11.3. The van der Waals surface area contributed by atoms with Gasteiger partial charge in [-0.2, -0.15) is 13.2 Å². The molecule has 3 nitrogen and oxygen atoms in total. The summed E-state index contributed by atoms with van der Waals surface area (Å²) in [6.45, 7) is 0. The van der Waals surface area contributed by atoms with E-state index in [2.05, 4.69) is 0 Å². The predicted octanol–water partition coefficient (Wildman–Crippen LogP) is 3.46. The van der Waals surface area contributed by atoms with E-state index >= 15 is 0 Å². The molecule has 0 heterocycles. The topological polar surface area (TPSA) is 54.4 Å². The number of carboxylic acids is 1. The number of ketones is 1. The maximum absolute atomic E-state index is 12.5. The second kappa shape index (κ2) is 7.07. The molecule has 6 heteroatoms. The van der Waals surface area contributed by atoms with Crippen molar-refractivity contribution in [3.63, 3.8) is 0 Å². The zero-order valence-corrected chi connectivity index (χ0v) is 10.7. The minimum Gasteiger partial charge on any atom is -0.476 e. The van der Waals surface area contributed by atoms with Crippen LogP contribution in [0.4, 0.5) is 13.2 Å². The molecule has 110 valence electrons. The summed E-state index contributed by atoms with van der Waals surface area (Å²) in [5, 5.41) is 8.37. The molecule has 0 aliphatic carbocycles. The molecule has 1 aromatic carbocycles. The van der Waals surface area contributed by atoms with Crippen molar-refractivity contribution < 1.29 is 27.9 Å². The Hall–Kier alpha value is -1.85. The smallest absolute Gasteiger partial charge is 0.416 e. The molecule has 0 fully saturated rings. The van der Waals surface area contributed by atoms with Gasteiger partial charge in [-0.15, -0.1) is 0 Å². The van der Waals surface area contributed by atoms with Gasteiger partial charge in [0.1, 0.15) is 0 Å². The number of aryl methyl sites for hydroxylation is 1. The Kier molecular flexibility index (Phi) is 5.73. The lowest BCUT2D eigenvalue weighted by molar-refractivity contribution is -0.149. The molecule has 0 radical (unpaired) electrons. The van der Waals surface area contributed by atoms with Crippen LogP contribution in [0, 0.1) is 0 Å². The van der Waals surface area contributed by atoms with E-state index in [0.29, 0.717) is 31.2 Å². The number of hydrogen-bond donors (Lipinski definition) is 1. The first kappa shape index (κ1) is 16.2. The summed E-state index contributed by atoms with van der Waals surface area (Å²) in [6.07, 6.45) is -2.24. The van der Waals surface area contributed by atoms with E-state index in [4.69, 9.17) is 5.11 Å². The lowest BCUT2D eigenvalue weighted by atomic mass is 10.0. The number of benzene rings is 1. The standard InChI is InChI=1S/C14H15F3O3/c15-14(16,17)11-7-4-6-10(9-11)5-2-1-3-8-12(18)13(19)20/h4,6-7,9H,1-3,5,8H2,(H,19,20). The molecule has 0 spiro atoms. The Labute approximate surface area is 114 Å². The molecule has 1 aromatic rings. The number of rotatable bonds is 7. The molecule has 0 amide bonds. The summed E-state index contributed by atoms with van der Waals surface area (Å²) < 4.78 is 37.4. The van der Waals surface area contributed by atoms with Gasteiger partial charge in [-0.25, -0.2) is 4.79 Å². The first-order valence-electron chi connectivity index (χ1n) is 6.23. The molecule has 0 atom stereocenters. The van der Waals surface area contributed by atoms with Gasteiger partial charge in [-0.3, -0.25) is 4.79 Å². The number of carbonyl (C=O) groups is 2. The minimum atomic E-state index is -4.34. The van der Waals surface area contributed by atoms with Crippen molar-refractivity contribution in [3.05, 3.63) is 35.4 Å². The van der Waals surface area contributed by atoms with Crippen LogP contribution in [0.1, 0.15) is 36.8 Å². The third-order valence-electron chi connectivity index (χ3n) is 2.86. The molecular weight excluding hydrogens is 273 g/mol. The van der Waals surface area contributed by atoms with Crippen LogP contribution >= 0.6 is 0 Å². The summed E-state index contributed by atoms with van der Waals surface area (Å²) in [5.74, 6) is -2.27. The highest BCUT2D eigenvalue weighted by molar-refractivity contribution is 6.32. The fraction of sp³-hybridized carbons (Fsp3) is 0.429. The van der Waals surface area contributed by atoms with Crippen molar-refractivity contribution in [1.29, 1.82) is 0 Å². The van der Waals surface area contributed by atoms with Crippen LogP contribution < -0.4 is 0 Å². The first-order chi connectivity index (χ1) is 9.30. The number of Topliss-reactive ketones (excluding diaryl/α,β-unsaturated/α-hetero) is 1. The number of hydrogen-bond acceptors (Lipinski definition) is 2. The molecular formula is C14H15F3O3. The van der Waals surface area contributed by atoms with Crippen molar-refractivity contribution in [2.24, 2.45) is 0 Å². The Bertz CT molecular complexity index is 481. The van der Waals surface area contributed by atoms with Crippen molar-refractivity contribution in [3.8, 4) is 0 Å². The van der Waals surface area contributed by atoms with Gasteiger partial charge in [-0.05, 0) is 30.9 Å². The lowest BCUT2D eigenvalue weighted by Gasteiger charge is -2.08. The summed E-state index contributed by atoms with van der Waals surface area (Å²) in [5.41, 5.74) is -0.0829. The molecule has 0 saturated heterocycles. The van der Waals surface area contributed by atoms with E-state index in [1.54, 1.807) is 6.07 Å². The third kappa shape index (κ3) is 5.42. The largest absolute Gasteiger partial charge is 0.476 e. The zero-order valence-electron chi connectivity index (χ0n) is 10.7. The van der Waals surface area contributed by atoms with Gasteiger partial charge in [0.05, 0.1) is 5.56 Å². The van der Waals surface area contributed by atoms with Gasteiger partial charge in [0.15, 0.2) is 0 Å². The summed E-state index contributed by atoms with van der Waals surface area (Å²) >= 11 is 0. The Morgan fingerprint density at radius 2 is 1.80 bits per heavy atom. The quantitative estimate of drug-likeness (QED) is 0.617. The maximum atomic E-state index is 12.5. The lowest BCUT2D eigenvalue weighted by Crippen LogP contribution is -2.11. The molecule has 0 aromatic heterocycles. The van der Waals surface area contributed by atoms with Crippen molar-refractivity contribution >= 4 is 11.8 Å². The summed E-state index contributed by atoms with van der Waals surface area (Å²) in [4.78, 5) is 21.1. The number of carboxylic acid groups (broad SMARTS) is 1. The van der Waals surface area contributed by atoms with Gasteiger partial charge in [0.2, 0.25) is 5.78 Å². The molecule has 0 bridgehead atoms. The van der Waals surface area contributed by atoms with Crippen LogP contribution in [0.3, 0.4) is 0 Å². The van der Waals surface area contributed by atoms with E-state index in [1.807, 2.05) is 0 Å². The average Bonchev–Trinajstić information content (AvgIpc) is 2.37. The van der Waals surface area contributed by atoms with E-state index in [9.17, 15) is 22.8 Å². The second-order valence-electron chi connectivity index (χ2n) is 4.49. The van der Waals surface area contributed by atoms with E-state index in [-0.39, 0.29) is 6.42 Å². The highest BCUT2D eigenvalue weighted by Gasteiger charge is 2.30. The Balaban J connectivity index is 2.36. The highest BCUT2D eigenvalue weighted by Crippen LogP contribution is 2.29. The Morgan fingerprint density at radius 1 is 1.10 bits per heavy atom. The van der Waals surface area contributed by atoms with Gasteiger partial charge in [0.25, 0.3) is 0 Å². The van der Waals surface area contributed by atoms with Crippen molar-refractivity contribution in [2.75, 3.05) is 0 Å². The molecule has 0 aliphatic rings. The van der Waals surface area contributed by atoms with E-state index in [1.165, 1.54) is 6.07 Å². The van der Waals surface area contributed by atoms with Gasteiger partial charge < -0.3 is 5.11 Å². The summed E-state index contributed by atoms with van der Waals surface area (Å²) in [6, 6.07) is 5.13. The van der Waals surface area contributed by atoms with Crippen LogP contribution in [-0.2, 0) is 22.2 Å². The molecule has 0 aliphatic heterocycles. The fourth-order valence-electron chi connectivity index (χ4n) is 1.80. The van der Waals surface area contributed by atoms with Gasteiger partial charge in [0, 0.05) is 6.42 Å². The van der Waals surface area contributed by atoms with Crippen LogP contribution in [0.15, 0.2) is 24.3 Å². The fourth-order valence-corrected chi connectivity index (χ4v) is 1.80. The van der Waals surface area contributed by atoms with Gasteiger partial charge in [-0.1, -0.05) is 24.6 Å². The van der Waals surface area contributed by atoms with Crippen LogP contribution in [0.2, 0.25) is 0 Å². The van der Waals surface area contributed by atoms with Crippen LogP contribution in [0.5, 0.6) is 0 Å². The second-order valence-corrected chi connectivity index (χ2v) is 4.49. The third-order valence-corrected chi connectivity index (χ3v) is 2.86. The highest BCUT2D eigenvalue weighted by atomic mass is 19.4. The van der Waals surface area contributed by atoms with Gasteiger partial charge >= 0.3 is 12.1 Å².